The summed E-state index contributed by atoms with van der Waals surface area (Å²) in [7, 11) is 3.01. The topological polar surface area (TPSA) is 113 Å². The van der Waals surface area contributed by atoms with E-state index < -0.39 is 22.9 Å². The van der Waals surface area contributed by atoms with Gasteiger partial charge in [0.05, 0.1) is 23.8 Å². The Balaban J connectivity index is 2.07. The lowest BCUT2D eigenvalue weighted by atomic mass is 10.2. The Morgan fingerprint density at radius 3 is 2.60 bits per heavy atom. The summed E-state index contributed by atoms with van der Waals surface area (Å²) in [6.45, 7) is 1.42. The molecule has 1 N–H and O–H groups in total. The molecular weight excluding hydrogens is 330 g/mol. The number of aryl methyl sites for hydroxylation is 1. The number of nitro benzene ring substituents is 1. The molecule has 0 aliphatic heterocycles. The first kappa shape index (κ1) is 18.0. The molecule has 1 aromatic carbocycles. The maximum atomic E-state index is 12.2. The monoisotopic (exact) mass is 347 g/mol. The second-order valence-electron chi connectivity index (χ2n) is 5.18. The fourth-order valence-electron chi connectivity index (χ4n) is 2.08. The maximum absolute atomic E-state index is 12.2. The zero-order valence-electron chi connectivity index (χ0n) is 13.9. The molecule has 0 saturated heterocycles. The van der Waals surface area contributed by atoms with Crippen LogP contribution in [0.3, 0.4) is 0 Å². The van der Waals surface area contributed by atoms with Crippen LogP contribution in [0.25, 0.3) is 0 Å². The van der Waals surface area contributed by atoms with Crippen LogP contribution < -0.4 is 10.1 Å². The Hall–Kier alpha value is -3.36. The molecule has 0 saturated carbocycles. The van der Waals surface area contributed by atoms with Gasteiger partial charge in [0.25, 0.3) is 11.6 Å². The van der Waals surface area contributed by atoms with E-state index in [0.717, 1.165) is 0 Å². The van der Waals surface area contributed by atoms with Crippen molar-refractivity contribution < 1.29 is 24.0 Å². The van der Waals surface area contributed by atoms with Gasteiger partial charge < -0.3 is 19.4 Å². The third-order valence-electron chi connectivity index (χ3n) is 3.46. The first-order valence-corrected chi connectivity index (χ1v) is 7.29. The number of methoxy groups -OCH3 is 1. The molecule has 2 aromatic rings. The number of ether oxygens (including phenoxy) is 2. The number of nitro groups is 1. The second-order valence-corrected chi connectivity index (χ2v) is 5.18. The van der Waals surface area contributed by atoms with Crippen LogP contribution in [0.2, 0.25) is 0 Å². The molecule has 0 fully saturated rings. The molecule has 25 heavy (non-hydrogen) atoms. The largest absolute Gasteiger partial charge is 0.494 e. The van der Waals surface area contributed by atoms with Gasteiger partial charge in [0.1, 0.15) is 11.4 Å². The highest BCUT2D eigenvalue weighted by Crippen LogP contribution is 2.29. The molecular formula is C16H17N3O6. The van der Waals surface area contributed by atoms with Crippen molar-refractivity contribution >= 4 is 23.3 Å². The predicted octanol–water partition coefficient (Wildman–Crippen LogP) is 2.13. The minimum absolute atomic E-state index is 0.128. The van der Waals surface area contributed by atoms with Crippen molar-refractivity contribution in [3.63, 3.8) is 0 Å². The van der Waals surface area contributed by atoms with Crippen molar-refractivity contribution in [2.75, 3.05) is 12.4 Å². The Kier molecular flexibility index (Phi) is 5.38. The van der Waals surface area contributed by atoms with Gasteiger partial charge in [0, 0.05) is 19.3 Å². The van der Waals surface area contributed by atoms with Gasteiger partial charge in [0.2, 0.25) is 0 Å². The van der Waals surface area contributed by atoms with Crippen molar-refractivity contribution in [2.24, 2.45) is 7.05 Å². The molecule has 0 aliphatic carbocycles. The van der Waals surface area contributed by atoms with E-state index in [-0.39, 0.29) is 17.1 Å². The summed E-state index contributed by atoms with van der Waals surface area (Å²) in [6, 6.07) is 7.03. The number of hydrogen-bond donors (Lipinski definition) is 1. The lowest BCUT2D eigenvalue weighted by Gasteiger charge is -2.15. The van der Waals surface area contributed by atoms with E-state index >= 15 is 0 Å². The summed E-state index contributed by atoms with van der Waals surface area (Å²) in [5, 5.41) is 13.3. The van der Waals surface area contributed by atoms with Crippen molar-refractivity contribution in [3.05, 3.63) is 52.3 Å². The van der Waals surface area contributed by atoms with Gasteiger partial charge in [-0.25, -0.2) is 4.79 Å². The Morgan fingerprint density at radius 1 is 1.32 bits per heavy atom. The average Bonchev–Trinajstić information content (AvgIpc) is 3.00. The average molecular weight is 347 g/mol. The van der Waals surface area contributed by atoms with Crippen LogP contribution in [-0.4, -0.2) is 34.6 Å². The van der Waals surface area contributed by atoms with Gasteiger partial charge in [-0.2, -0.15) is 0 Å². The van der Waals surface area contributed by atoms with E-state index in [0.29, 0.717) is 5.69 Å². The summed E-state index contributed by atoms with van der Waals surface area (Å²) < 4.78 is 11.7. The molecule has 0 spiro atoms. The number of esters is 1. The number of nitrogens with zero attached hydrogens (tertiary/aromatic N) is 2. The molecule has 1 amide bonds. The molecule has 0 unspecified atom stereocenters. The fourth-order valence-corrected chi connectivity index (χ4v) is 2.08. The van der Waals surface area contributed by atoms with Crippen LogP contribution in [0.15, 0.2) is 36.5 Å². The molecule has 0 radical (unpaired) electrons. The summed E-state index contributed by atoms with van der Waals surface area (Å²) in [4.78, 5) is 34.4. The van der Waals surface area contributed by atoms with E-state index in [2.05, 4.69) is 5.32 Å². The Labute approximate surface area is 143 Å². The highest BCUT2D eigenvalue weighted by atomic mass is 16.6. The highest BCUT2D eigenvalue weighted by molar-refractivity contribution is 5.98. The van der Waals surface area contributed by atoms with Gasteiger partial charge in [-0.3, -0.25) is 14.9 Å². The van der Waals surface area contributed by atoms with Gasteiger partial charge >= 0.3 is 5.97 Å². The lowest BCUT2D eigenvalue weighted by molar-refractivity contribution is -0.384. The molecule has 0 bridgehead atoms. The van der Waals surface area contributed by atoms with Crippen LogP contribution in [-0.2, 0) is 16.6 Å². The fraction of sp³-hybridized carbons (Fsp3) is 0.250. The standard InChI is InChI=1S/C16H17N3O6/c1-10(25-16(21)13-5-4-8-18(13)2)15(20)17-12-7-6-11(19(22)23)9-14(12)24-3/h4-10H,1-3H3,(H,17,20)/t10-/m0/s1. The van der Waals surface area contributed by atoms with Crippen LogP contribution in [0.4, 0.5) is 11.4 Å². The Bertz CT molecular complexity index is 814. The number of non-ortho nitro benzene ring substituents is 1. The molecule has 1 atom stereocenters. The SMILES string of the molecule is COc1cc([N+](=O)[O-])ccc1NC(=O)[C@H](C)OC(=O)c1cccn1C. The zero-order valence-corrected chi connectivity index (χ0v) is 13.9. The van der Waals surface area contributed by atoms with Crippen molar-refractivity contribution in [1.29, 1.82) is 0 Å². The molecule has 2 rings (SSSR count). The quantitative estimate of drug-likeness (QED) is 0.486. The molecule has 132 valence electrons. The van der Waals surface area contributed by atoms with E-state index in [4.69, 9.17) is 9.47 Å². The summed E-state index contributed by atoms with van der Waals surface area (Å²) in [5.41, 5.74) is 0.380. The third kappa shape index (κ3) is 4.14. The number of aromatic nitrogens is 1. The number of amides is 1. The minimum atomic E-state index is -1.07. The van der Waals surface area contributed by atoms with E-state index in [1.54, 1.807) is 29.9 Å². The predicted molar refractivity (Wildman–Crippen MR) is 88.6 cm³/mol. The smallest absolute Gasteiger partial charge is 0.355 e. The molecule has 1 aromatic heterocycles. The molecule has 1 heterocycles. The van der Waals surface area contributed by atoms with E-state index in [1.807, 2.05) is 0 Å². The van der Waals surface area contributed by atoms with E-state index in [1.165, 1.54) is 32.2 Å². The first-order chi connectivity index (χ1) is 11.8. The van der Waals surface area contributed by atoms with Crippen LogP contribution in [0.1, 0.15) is 17.4 Å². The van der Waals surface area contributed by atoms with Crippen molar-refractivity contribution in [2.45, 2.75) is 13.0 Å². The van der Waals surface area contributed by atoms with Crippen molar-refractivity contribution in [3.8, 4) is 5.75 Å². The normalized spacial score (nSPS) is 11.5. The number of carbonyl (C=O) groups is 2. The molecule has 0 aliphatic rings. The highest BCUT2D eigenvalue weighted by Gasteiger charge is 2.22. The van der Waals surface area contributed by atoms with Crippen molar-refractivity contribution in [1.82, 2.24) is 4.57 Å². The lowest BCUT2D eigenvalue weighted by Crippen LogP contribution is -2.30. The maximum Gasteiger partial charge on any atom is 0.355 e. The molecule has 9 nitrogen and oxygen atoms in total. The van der Waals surface area contributed by atoms with Crippen LogP contribution >= 0.6 is 0 Å². The van der Waals surface area contributed by atoms with E-state index in [9.17, 15) is 19.7 Å². The summed E-state index contributed by atoms with van der Waals surface area (Å²) in [6.07, 6.45) is 0.616. The number of anilines is 1. The number of carbonyl (C=O) groups excluding carboxylic acids is 2. The minimum Gasteiger partial charge on any atom is -0.494 e. The number of nitrogens with one attached hydrogen (secondary N) is 1. The third-order valence-corrected chi connectivity index (χ3v) is 3.46. The van der Waals surface area contributed by atoms with Gasteiger partial charge in [0.15, 0.2) is 6.10 Å². The first-order valence-electron chi connectivity index (χ1n) is 7.29. The van der Waals surface area contributed by atoms with Crippen LogP contribution in [0.5, 0.6) is 5.75 Å². The van der Waals surface area contributed by atoms with Gasteiger partial charge in [-0.1, -0.05) is 0 Å². The van der Waals surface area contributed by atoms with Gasteiger partial charge in [-0.05, 0) is 25.1 Å². The Morgan fingerprint density at radius 2 is 2.04 bits per heavy atom. The van der Waals surface area contributed by atoms with Crippen LogP contribution in [0, 0.1) is 10.1 Å². The number of benzene rings is 1. The number of hydrogen-bond acceptors (Lipinski definition) is 6. The summed E-state index contributed by atoms with van der Waals surface area (Å²) >= 11 is 0. The summed E-state index contributed by atoms with van der Waals surface area (Å²) in [5.74, 6) is -1.09. The number of rotatable bonds is 6. The zero-order chi connectivity index (χ0) is 18.6. The second kappa shape index (κ2) is 7.47. The molecule has 9 heteroatoms. The van der Waals surface area contributed by atoms with Gasteiger partial charge in [-0.15, -0.1) is 0 Å².